The summed E-state index contributed by atoms with van der Waals surface area (Å²) in [6, 6.07) is 0.250. The molecule has 1 aliphatic rings. The van der Waals surface area contributed by atoms with Crippen molar-refractivity contribution in [2.75, 3.05) is 26.0 Å². The largest absolute Gasteiger partial charge is 0.383 e. The summed E-state index contributed by atoms with van der Waals surface area (Å²) in [5.41, 5.74) is 0. The maximum atomic E-state index is 11.6. The van der Waals surface area contributed by atoms with Gasteiger partial charge in [-0.05, 0) is 19.8 Å². The minimum atomic E-state index is -3.02. The molecule has 4 nitrogen and oxygen atoms in total. The number of nitrogens with zero attached hydrogens (tertiary/aromatic N) is 1. The number of rotatable bonds is 6. The van der Waals surface area contributed by atoms with E-state index in [1.54, 1.807) is 18.3 Å². The van der Waals surface area contributed by atoms with Crippen LogP contribution < -0.4 is 0 Å². The van der Waals surface area contributed by atoms with E-state index in [1.807, 2.05) is 0 Å². The van der Waals surface area contributed by atoms with Gasteiger partial charge in [0, 0.05) is 19.7 Å². The van der Waals surface area contributed by atoms with Crippen LogP contribution in [0.2, 0.25) is 0 Å². The van der Waals surface area contributed by atoms with Gasteiger partial charge in [-0.1, -0.05) is 0 Å². The third kappa shape index (κ3) is 2.93. The van der Waals surface area contributed by atoms with Crippen molar-refractivity contribution in [1.29, 1.82) is 0 Å². The monoisotopic (exact) mass is 207 g/mol. The minimum absolute atomic E-state index is 0.188. The molecule has 1 aliphatic carbocycles. The minimum Gasteiger partial charge on any atom is -0.383 e. The van der Waals surface area contributed by atoms with Crippen LogP contribution in [-0.2, 0) is 14.8 Å². The first kappa shape index (κ1) is 10.9. The van der Waals surface area contributed by atoms with Gasteiger partial charge in [-0.2, -0.15) is 4.31 Å². The van der Waals surface area contributed by atoms with Crippen molar-refractivity contribution in [3.63, 3.8) is 0 Å². The molecule has 5 heteroatoms. The number of ether oxygens (including phenoxy) is 1. The summed E-state index contributed by atoms with van der Waals surface area (Å²) >= 11 is 0. The molecular weight excluding hydrogens is 190 g/mol. The lowest BCUT2D eigenvalue weighted by Gasteiger charge is -2.20. The average Bonchev–Trinajstić information content (AvgIpc) is 2.89. The summed E-state index contributed by atoms with van der Waals surface area (Å²) in [5.74, 6) is 0.188. The van der Waals surface area contributed by atoms with Crippen molar-refractivity contribution in [1.82, 2.24) is 4.31 Å². The van der Waals surface area contributed by atoms with E-state index in [0.29, 0.717) is 13.2 Å². The molecular formula is C8H17NO3S. The molecule has 0 amide bonds. The van der Waals surface area contributed by atoms with Crippen LogP contribution in [-0.4, -0.2) is 44.8 Å². The summed E-state index contributed by atoms with van der Waals surface area (Å²) in [7, 11) is -1.43. The van der Waals surface area contributed by atoms with E-state index >= 15 is 0 Å². The Balaban J connectivity index is 2.56. The molecule has 1 rings (SSSR count). The van der Waals surface area contributed by atoms with Crippen LogP contribution in [0.25, 0.3) is 0 Å². The van der Waals surface area contributed by atoms with Crippen LogP contribution in [0, 0.1) is 0 Å². The van der Waals surface area contributed by atoms with E-state index in [9.17, 15) is 8.42 Å². The van der Waals surface area contributed by atoms with Crippen molar-refractivity contribution >= 4 is 10.0 Å². The molecule has 1 saturated carbocycles. The second-order valence-corrected chi connectivity index (χ2v) is 5.45. The van der Waals surface area contributed by atoms with E-state index < -0.39 is 10.0 Å². The van der Waals surface area contributed by atoms with Gasteiger partial charge in [0.2, 0.25) is 10.0 Å². The fourth-order valence-corrected chi connectivity index (χ4v) is 2.61. The van der Waals surface area contributed by atoms with Gasteiger partial charge >= 0.3 is 0 Å². The molecule has 0 bridgehead atoms. The van der Waals surface area contributed by atoms with Crippen LogP contribution in [0.4, 0.5) is 0 Å². The lowest BCUT2D eigenvalue weighted by molar-refractivity contribution is 0.177. The number of methoxy groups -OCH3 is 1. The Kier molecular flexibility index (Phi) is 3.70. The van der Waals surface area contributed by atoms with Crippen molar-refractivity contribution in [3.05, 3.63) is 0 Å². The van der Waals surface area contributed by atoms with Gasteiger partial charge in [0.1, 0.15) is 0 Å². The Morgan fingerprint density at radius 2 is 2.08 bits per heavy atom. The van der Waals surface area contributed by atoms with Gasteiger partial charge < -0.3 is 4.74 Å². The molecule has 0 N–H and O–H groups in total. The maximum Gasteiger partial charge on any atom is 0.214 e. The van der Waals surface area contributed by atoms with Crippen molar-refractivity contribution in [2.45, 2.75) is 25.8 Å². The molecule has 0 atom stereocenters. The van der Waals surface area contributed by atoms with Crippen LogP contribution in [0.3, 0.4) is 0 Å². The standard InChI is InChI=1S/C8H17NO3S/c1-3-13(10,11)9(6-7-12-2)8-4-5-8/h8H,3-7H2,1-2H3. The predicted molar refractivity (Wildman–Crippen MR) is 51.1 cm³/mol. The average molecular weight is 207 g/mol. The van der Waals surface area contributed by atoms with Gasteiger partial charge in [-0.15, -0.1) is 0 Å². The lowest BCUT2D eigenvalue weighted by Crippen LogP contribution is -2.36. The van der Waals surface area contributed by atoms with E-state index in [0.717, 1.165) is 12.8 Å². The molecule has 0 heterocycles. The zero-order chi connectivity index (χ0) is 9.90. The molecule has 0 aromatic rings. The van der Waals surface area contributed by atoms with E-state index in [-0.39, 0.29) is 11.8 Å². The summed E-state index contributed by atoms with van der Waals surface area (Å²) in [6.45, 7) is 2.66. The van der Waals surface area contributed by atoms with E-state index in [4.69, 9.17) is 4.74 Å². The van der Waals surface area contributed by atoms with Crippen LogP contribution in [0.5, 0.6) is 0 Å². The molecule has 0 unspecified atom stereocenters. The fraction of sp³-hybridized carbons (Fsp3) is 1.00. The first-order valence-corrected chi connectivity index (χ1v) is 6.21. The molecule has 0 radical (unpaired) electrons. The van der Waals surface area contributed by atoms with Gasteiger partial charge in [-0.3, -0.25) is 0 Å². The highest BCUT2D eigenvalue weighted by Crippen LogP contribution is 2.28. The Hall–Kier alpha value is -0.130. The van der Waals surface area contributed by atoms with Crippen molar-refractivity contribution in [3.8, 4) is 0 Å². The zero-order valence-electron chi connectivity index (χ0n) is 8.19. The molecule has 0 saturated heterocycles. The second-order valence-electron chi connectivity index (χ2n) is 3.24. The molecule has 0 spiro atoms. The topological polar surface area (TPSA) is 46.6 Å². The normalized spacial score (nSPS) is 18.1. The van der Waals surface area contributed by atoms with Gasteiger partial charge in [-0.25, -0.2) is 8.42 Å². The maximum absolute atomic E-state index is 11.6. The Morgan fingerprint density at radius 1 is 1.46 bits per heavy atom. The Morgan fingerprint density at radius 3 is 2.46 bits per heavy atom. The first-order chi connectivity index (χ1) is 6.11. The zero-order valence-corrected chi connectivity index (χ0v) is 9.01. The highest BCUT2D eigenvalue weighted by Gasteiger charge is 2.35. The molecule has 0 aliphatic heterocycles. The Labute approximate surface area is 79.9 Å². The Bertz CT molecular complexity index is 246. The van der Waals surface area contributed by atoms with Crippen LogP contribution in [0.15, 0.2) is 0 Å². The lowest BCUT2D eigenvalue weighted by atomic mass is 10.6. The second kappa shape index (κ2) is 4.39. The summed E-state index contributed by atoms with van der Waals surface area (Å²) in [5, 5.41) is 0. The quantitative estimate of drug-likeness (QED) is 0.635. The third-order valence-electron chi connectivity index (χ3n) is 2.19. The molecule has 0 aromatic carbocycles. The van der Waals surface area contributed by atoms with Crippen molar-refractivity contribution < 1.29 is 13.2 Å². The highest BCUT2D eigenvalue weighted by atomic mass is 32.2. The highest BCUT2D eigenvalue weighted by molar-refractivity contribution is 7.89. The van der Waals surface area contributed by atoms with E-state index in [1.165, 1.54) is 0 Å². The number of sulfonamides is 1. The van der Waals surface area contributed by atoms with E-state index in [2.05, 4.69) is 0 Å². The van der Waals surface area contributed by atoms with Crippen molar-refractivity contribution in [2.24, 2.45) is 0 Å². The molecule has 1 fully saturated rings. The number of hydrogen-bond donors (Lipinski definition) is 0. The molecule has 78 valence electrons. The third-order valence-corrected chi connectivity index (χ3v) is 4.12. The SMILES string of the molecule is CCS(=O)(=O)N(CCOC)C1CC1. The fourth-order valence-electron chi connectivity index (χ4n) is 1.26. The van der Waals surface area contributed by atoms with Gasteiger partial charge in [0.25, 0.3) is 0 Å². The first-order valence-electron chi connectivity index (χ1n) is 4.60. The number of hydrogen-bond acceptors (Lipinski definition) is 3. The molecule has 0 aromatic heterocycles. The smallest absolute Gasteiger partial charge is 0.214 e. The van der Waals surface area contributed by atoms with Crippen LogP contribution >= 0.6 is 0 Å². The summed E-state index contributed by atoms with van der Waals surface area (Å²) in [4.78, 5) is 0. The summed E-state index contributed by atoms with van der Waals surface area (Å²) in [6.07, 6.45) is 2.01. The van der Waals surface area contributed by atoms with Gasteiger partial charge in [0.15, 0.2) is 0 Å². The molecule has 13 heavy (non-hydrogen) atoms. The summed E-state index contributed by atoms with van der Waals surface area (Å²) < 4.78 is 29.6. The predicted octanol–water partition coefficient (Wildman–Crippen LogP) is 0.447. The van der Waals surface area contributed by atoms with Crippen LogP contribution in [0.1, 0.15) is 19.8 Å². The van der Waals surface area contributed by atoms with Gasteiger partial charge in [0.05, 0.1) is 12.4 Å².